The lowest BCUT2D eigenvalue weighted by Gasteiger charge is -2.25. The van der Waals surface area contributed by atoms with Crippen LogP contribution in [-0.2, 0) is 0 Å². The quantitative estimate of drug-likeness (QED) is 0.325. The fourth-order valence-electron chi connectivity index (χ4n) is 1.88. The first-order valence-electron chi connectivity index (χ1n) is 6.96. The highest BCUT2D eigenvalue weighted by molar-refractivity contribution is 4.66. The molecule has 19 heavy (non-hydrogen) atoms. The van der Waals surface area contributed by atoms with E-state index in [4.69, 9.17) is 21.1 Å². The molecular weight excluding hydrogens is 248 g/mol. The summed E-state index contributed by atoms with van der Waals surface area (Å²) < 4.78 is 0. The molecule has 0 amide bonds. The molecule has 0 bridgehead atoms. The summed E-state index contributed by atoms with van der Waals surface area (Å²) in [5, 5.41) is 28.9. The van der Waals surface area contributed by atoms with Gasteiger partial charge in [-0.05, 0) is 0 Å². The molecular formula is C12H30N4O3. The van der Waals surface area contributed by atoms with Gasteiger partial charge in [0.15, 0.2) is 0 Å². The van der Waals surface area contributed by atoms with Crippen molar-refractivity contribution in [2.75, 3.05) is 78.7 Å². The Morgan fingerprint density at radius 3 is 1.95 bits per heavy atom. The minimum absolute atomic E-state index is 0.125. The molecule has 1 fully saturated rings. The predicted molar refractivity (Wildman–Crippen MR) is 76.1 cm³/mol. The van der Waals surface area contributed by atoms with Crippen LogP contribution in [0, 0.1) is 0 Å². The van der Waals surface area contributed by atoms with Gasteiger partial charge in [-0.25, -0.2) is 0 Å². The average Bonchev–Trinajstić information content (AvgIpc) is 2.42. The van der Waals surface area contributed by atoms with Gasteiger partial charge in [0.25, 0.3) is 0 Å². The van der Waals surface area contributed by atoms with Gasteiger partial charge in [0.05, 0.1) is 19.8 Å². The SMILES string of the molecule is NCCN(CCO)CCO.OCCN1CCNCC1. The van der Waals surface area contributed by atoms with Crippen LogP contribution < -0.4 is 11.1 Å². The van der Waals surface area contributed by atoms with Crippen molar-refractivity contribution in [1.29, 1.82) is 0 Å². The van der Waals surface area contributed by atoms with E-state index in [-0.39, 0.29) is 13.2 Å². The van der Waals surface area contributed by atoms with E-state index >= 15 is 0 Å². The molecule has 0 aromatic rings. The third-order valence-electron chi connectivity index (χ3n) is 2.90. The summed E-state index contributed by atoms with van der Waals surface area (Å²) in [6, 6.07) is 0. The lowest BCUT2D eigenvalue weighted by Crippen LogP contribution is -2.44. The van der Waals surface area contributed by atoms with Gasteiger partial charge in [-0.2, -0.15) is 0 Å². The Kier molecular flexibility index (Phi) is 13.9. The molecule has 0 unspecified atom stereocenters. The summed E-state index contributed by atoms with van der Waals surface area (Å²) in [4.78, 5) is 4.18. The van der Waals surface area contributed by atoms with E-state index in [1.54, 1.807) is 0 Å². The minimum Gasteiger partial charge on any atom is -0.395 e. The molecule has 0 radical (unpaired) electrons. The first kappa shape index (κ1) is 18.7. The fourth-order valence-corrected chi connectivity index (χ4v) is 1.88. The van der Waals surface area contributed by atoms with E-state index in [0.29, 0.717) is 26.2 Å². The van der Waals surface area contributed by atoms with Gasteiger partial charge in [0.2, 0.25) is 0 Å². The standard InChI is InChI=1S/C6H16N2O2.C6H14N2O/c7-1-2-8(3-5-9)4-6-10;9-6-5-8-3-1-7-2-4-8/h9-10H,1-7H2;7,9H,1-6H2. The fraction of sp³-hybridized carbons (Fsp3) is 1.00. The van der Waals surface area contributed by atoms with Crippen molar-refractivity contribution in [3.63, 3.8) is 0 Å². The molecule has 1 heterocycles. The van der Waals surface area contributed by atoms with Gasteiger partial charge in [-0.3, -0.25) is 9.80 Å². The number of piperazine rings is 1. The number of nitrogens with two attached hydrogens (primary N) is 1. The number of nitrogens with one attached hydrogen (secondary N) is 1. The molecule has 1 saturated heterocycles. The monoisotopic (exact) mass is 278 g/mol. The zero-order valence-corrected chi connectivity index (χ0v) is 11.8. The smallest absolute Gasteiger partial charge is 0.0558 e. The molecule has 0 aromatic carbocycles. The molecule has 0 saturated carbocycles. The van der Waals surface area contributed by atoms with Crippen molar-refractivity contribution in [3.05, 3.63) is 0 Å². The van der Waals surface area contributed by atoms with Gasteiger partial charge in [-0.1, -0.05) is 0 Å². The molecule has 0 aliphatic carbocycles. The second kappa shape index (κ2) is 14.1. The summed E-state index contributed by atoms with van der Waals surface area (Å²) in [5.74, 6) is 0. The Morgan fingerprint density at radius 2 is 1.53 bits per heavy atom. The van der Waals surface area contributed by atoms with Crippen molar-refractivity contribution < 1.29 is 15.3 Å². The molecule has 0 spiro atoms. The predicted octanol–water partition coefficient (Wildman–Crippen LogP) is -2.88. The molecule has 7 nitrogen and oxygen atoms in total. The molecule has 6 N–H and O–H groups in total. The van der Waals surface area contributed by atoms with Crippen molar-refractivity contribution in [3.8, 4) is 0 Å². The van der Waals surface area contributed by atoms with Crippen LogP contribution in [0.15, 0.2) is 0 Å². The summed E-state index contributed by atoms with van der Waals surface area (Å²) in [6.07, 6.45) is 0. The van der Waals surface area contributed by atoms with Crippen molar-refractivity contribution in [2.24, 2.45) is 5.73 Å². The third kappa shape index (κ3) is 11.3. The van der Waals surface area contributed by atoms with Gasteiger partial charge in [0.1, 0.15) is 0 Å². The normalized spacial score (nSPS) is 16.3. The maximum Gasteiger partial charge on any atom is 0.0558 e. The van der Waals surface area contributed by atoms with E-state index in [2.05, 4.69) is 10.2 Å². The Bertz CT molecular complexity index is 163. The Balaban J connectivity index is 0.000000342. The number of β-amino-alcohol motifs (C(OH)–C–C–N with tert-alkyl or cyclic N) is 1. The van der Waals surface area contributed by atoms with Crippen LogP contribution in [0.25, 0.3) is 0 Å². The van der Waals surface area contributed by atoms with E-state index < -0.39 is 0 Å². The zero-order valence-electron chi connectivity index (χ0n) is 11.8. The van der Waals surface area contributed by atoms with Gasteiger partial charge < -0.3 is 26.4 Å². The van der Waals surface area contributed by atoms with Gasteiger partial charge in [-0.15, -0.1) is 0 Å². The van der Waals surface area contributed by atoms with Crippen LogP contribution in [0.3, 0.4) is 0 Å². The summed E-state index contributed by atoms with van der Waals surface area (Å²) in [7, 11) is 0. The molecule has 1 aliphatic heterocycles. The van der Waals surface area contributed by atoms with Crippen LogP contribution in [0.1, 0.15) is 0 Å². The number of rotatable bonds is 8. The maximum absolute atomic E-state index is 8.56. The van der Waals surface area contributed by atoms with Crippen LogP contribution in [0.5, 0.6) is 0 Å². The first-order chi connectivity index (χ1) is 9.28. The van der Waals surface area contributed by atoms with Crippen molar-refractivity contribution in [1.82, 2.24) is 15.1 Å². The van der Waals surface area contributed by atoms with Crippen molar-refractivity contribution in [2.45, 2.75) is 0 Å². The van der Waals surface area contributed by atoms with Gasteiger partial charge >= 0.3 is 0 Å². The molecule has 116 valence electrons. The Morgan fingerprint density at radius 1 is 0.947 bits per heavy atom. The van der Waals surface area contributed by atoms with Crippen LogP contribution >= 0.6 is 0 Å². The second-order valence-corrected chi connectivity index (χ2v) is 4.39. The number of nitrogens with zero attached hydrogens (tertiary/aromatic N) is 2. The number of hydrogen-bond acceptors (Lipinski definition) is 7. The highest BCUT2D eigenvalue weighted by Crippen LogP contribution is 1.89. The number of aliphatic hydroxyl groups is 3. The summed E-state index contributed by atoms with van der Waals surface area (Å²) in [6.45, 7) is 8.18. The van der Waals surface area contributed by atoms with Crippen LogP contribution in [0.2, 0.25) is 0 Å². The minimum atomic E-state index is 0.125. The molecule has 7 heteroatoms. The summed E-state index contributed by atoms with van der Waals surface area (Å²) >= 11 is 0. The Labute approximate surface area is 116 Å². The van der Waals surface area contributed by atoms with Crippen LogP contribution in [0.4, 0.5) is 0 Å². The highest BCUT2D eigenvalue weighted by atomic mass is 16.3. The zero-order chi connectivity index (χ0) is 14.3. The van der Waals surface area contributed by atoms with Crippen LogP contribution in [-0.4, -0.2) is 104 Å². The number of hydrogen-bond donors (Lipinski definition) is 5. The van der Waals surface area contributed by atoms with E-state index in [1.165, 1.54) is 0 Å². The topological polar surface area (TPSA) is 105 Å². The first-order valence-corrected chi connectivity index (χ1v) is 6.96. The number of aliphatic hydroxyl groups excluding tert-OH is 3. The summed E-state index contributed by atoms with van der Waals surface area (Å²) in [5.41, 5.74) is 5.29. The molecule has 1 aliphatic rings. The average molecular weight is 278 g/mol. The second-order valence-electron chi connectivity index (χ2n) is 4.39. The lowest BCUT2D eigenvalue weighted by molar-refractivity contribution is 0.164. The largest absolute Gasteiger partial charge is 0.395 e. The lowest BCUT2D eigenvalue weighted by atomic mass is 10.4. The molecule has 0 aromatic heterocycles. The third-order valence-corrected chi connectivity index (χ3v) is 2.90. The maximum atomic E-state index is 8.56. The van der Waals surface area contributed by atoms with Crippen molar-refractivity contribution >= 4 is 0 Å². The molecule has 0 atom stereocenters. The highest BCUT2D eigenvalue weighted by Gasteiger charge is 2.06. The molecule has 1 rings (SSSR count). The van der Waals surface area contributed by atoms with E-state index in [1.807, 2.05) is 4.90 Å². The van der Waals surface area contributed by atoms with Gasteiger partial charge in [0, 0.05) is 58.9 Å². The van der Waals surface area contributed by atoms with E-state index in [9.17, 15) is 0 Å². The van der Waals surface area contributed by atoms with E-state index in [0.717, 1.165) is 39.3 Å². The Hall–Kier alpha value is -0.280.